The minimum atomic E-state index is -3.65. The number of rotatable bonds is 7. The fourth-order valence-corrected chi connectivity index (χ4v) is 3.14. The van der Waals surface area contributed by atoms with Crippen LogP contribution in [0.2, 0.25) is 0 Å². The Balaban J connectivity index is 2.83. The first kappa shape index (κ1) is 20.1. The normalized spacial score (nSPS) is 11.6. The largest absolute Gasteiger partial charge is 0.452 e. The molecular weight excluding hydrogens is 332 g/mol. The highest BCUT2D eigenvalue weighted by atomic mass is 32.2. The molecule has 0 aliphatic heterocycles. The lowest BCUT2D eigenvalue weighted by Gasteiger charge is -2.30. The average Bonchev–Trinajstić information content (AvgIpc) is 2.52. The number of hydrogen-bond acceptors (Lipinski definition) is 5. The van der Waals surface area contributed by atoms with Crippen molar-refractivity contribution in [3.63, 3.8) is 0 Å². The molecule has 7 nitrogen and oxygen atoms in total. The van der Waals surface area contributed by atoms with Gasteiger partial charge in [0.25, 0.3) is 5.91 Å². The van der Waals surface area contributed by atoms with Crippen LogP contribution in [0.5, 0.6) is 0 Å². The van der Waals surface area contributed by atoms with Crippen LogP contribution in [0, 0.1) is 0 Å². The van der Waals surface area contributed by atoms with Gasteiger partial charge in [0.15, 0.2) is 6.61 Å². The predicted octanol–water partition coefficient (Wildman–Crippen LogP) is 1.40. The Labute approximate surface area is 143 Å². The van der Waals surface area contributed by atoms with E-state index in [0.29, 0.717) is 0 Å². The number of nitrogens with zero attached hydrogens (tertiary/aromatic N) is 1. The molecule has 24 heavy (non-hydrogen) atoms. The van der Waals surface area contributed by atoms with Gasteiger partial charge in [-0.05, 0) is 52.9 Å². The number of esters is 1. The van der Waals surface area contributed by atoms with E-state index in [4.69, 9.17) is 4.74 Å². The van der Waals surface area contributed by atoms with Crippen molar-refractivity contribution in [2.45, 2.75) is 44.7 Å². The Morgan fingerprint density at radius 2 is 1.75 bits per heavy atom. The van der Waals surface area contributed by atoms with E-state index in [0.717, 1.165) is 0 Å². The Morgan fingerprint density at radius 1 is 1.17 bits per heavy atom. The lowest BCUT2D eigenvalue weighted by Crippen LogP contribution is -2.44. The number of nitrogens with one attached hydrogen (secondary N) is 1. The zero-order valence-corrected chi connectivity index (χ0v) is 15.4. The molecule has 0 fully saturated rings. The van der Waals surface area contributed by atoms with Crippen LogP contribution >= 0.6 is 0 Å². The highest BCUT2D eigenvalue weighted by molar-refractivity contribution is 7.89. The summed E-state index contributed by atoms with van der Waals surface area (Å²) in [6, 6.07) is 5.43. The molecular formula is C16H24N2O5S. The molecule has 134 valence electrons. The molecule has 0 aliphatic carbocycles. The van der Waals surface area contributed by atoms with Crippen molar-refractivity contribution in [2.75, 3.05) is 13.7 Å². The van der Waals surface area contributed by atoms with Crippen molar-refractivity contribution < 1.29 is 22.7 Å². The lowest BCUT2D eigenvalue weighted by molar-refractivity contribution is -0.138. The van der Waals surface area contributed by atoms with E-state index in [1.807, 2.05) is 27.7 Å². The molecule has 0 aromatic heterocycles. The van der Waals surface area contributed by atoms with Gasteiger partial charge < -0.3 is 9.64 Å². The molecule has 0 unspecified atom stereocenters. The summed E-state index contributed by atoms with van der Waals surface area (Å²) in [5.74, 6) is -1.05. The van der Waals surface area contributed by atoms with Crippen molar-refractivity contribution in [1.82, 2.24) is 9.62 Å². The molecule has 1 amide bonds. The van der Waals surface area contributed by atoms with Gasteiger partial charge >= 0.3 is 5.97 Å². The number of carbonyl (C=O) groups is 2. The van der Waals surface area contributed by atoms with Crippen molar-refractivity contribution in [3.05, 3.63) is 29.8 Å². The molecule has 0 saturated heterocycles. The Bertz CT molecular complexity index is 690. The molecule has 0 saturated carbocycles. The topological polar surface area (TPSA) is 92.8 Å². The third-order valence-electron chi connectivity index (χ3n) is 3.38. The fraction of sp³-hybridized carbons (Fsp3) is 0.500. The van der Waals surface area contributed by atoms with Gasteiger partial charge in [-0.2, -0.15) is 0 Å². The summed E-state index contributed by atoms with van der Waals surface area (Å²) in [6.07, 6.45) is 0. The highest BCUT2D eigenvalue weighted by Crippen LogP contribution is 2.12. The van der Waals surface area contributed by atoms with E-state index in [1.54, 1.807) is 4.90 Å². The maximum absolute atomic E-state index is 12.2. The molecule has 1 rings (SSSR count). The smallest absolute Gasteiger partial charge is 0.338 e. The minimum Gasteiger partial charge on any atom is -0.452 e. The van der Waals surface area contributed by atoms with Crippen LogP contribution in [0.4, 0.5) is 0 Å². The van der Waals surface area contributed by atoms with Gasteiger partial charge in [0.05, 0.1) is 10.5 Å². The van der Waals surface area contributed by atoms with Crippen LogP contribution in [-0.4, -0.2) is 50.9 Å². The Hall–Kier alpha value is -1.93. The van der Waals surface area contributed by atoms with Crippen molar-refractivity contribution in [3.8, 4) is 0 Å². The Kier molecular flexibility index (Phi) is 6.92. The van der Waals surface area contributed by atoms with E-state index < -0.39 is 22.6 Å². The summed E-state index contributed by atoms with van der Waals surface area (Å²) in [5.41, 5.74) is 0.0692. The zero-order chi connectivity index (χ0) is 18.5. The van der Waals surface area contributed by atoms with Crippen molar-refractivity contribution in [2.24, 2.45) is 0 Å². The lowest BCUT2D eigenvalue weighted by atomic mass is 10.2. The van der Waals surface area contributed by atoms with Crippen LogP contribution < -0.4 is 4.72 Å². The second-order valence-corrected chi connectivity index (χ2v) is 7.69. The quantitative estimate of drug-likeness (QED) is 0.746. The molecule has 0 aliphatic rings. The van der Waals surface area contributed by atoms with Crippen LogP contribution in [0.3, 0.4) is 0 Å². The first-order valence-corrected chi connectivity index (χ1v) is 9.10. The number of benzene rings is 1. The first-order chi connectivity index (χ1) is 11.1. The van der Waals surface area contributed by atoms with E-state index in [-0.39, 0.29) is 28.4 Å². The molecule has 0 spiro atoms. The zero-order valence-electron chi connectivity index (χ0n) is 14.6. The average molecular weight is 356 g/mol. The van der Waals surface area contributed by atoms with Crippen molar-refractivity contribution in [1.29, 1.82) is 0 Å². The number of sulfonamides is 1. The van der Waals surface area contributed by atoms with Gasteiger partial charge in [0, 0.05) is 12.1 Å². The summed E-state index contributed by atoms with van der Waals surface area (Å²) < 4.78 is 30.7. The van der Waals surface area contributed by atoms with E-state index in [1.165, 1.54) is 31.3 Å². The van der Waals surface area contributed by atoms with Crippen LogP contribution in [0.25, 0.3) is 0 Å². The molecule has 8 heteroatoms. The fourth-order valence-electron chi connectivity index (χ4n) is 2.37. The van der Waals surface area contributed by atoms with E-state index in [2.05, 4.69) is 4.72 Å². The van der Waals surface area contributed by atoms with Crippen molar-refractivity contribution >= 4 is 21.9 Å². The number of hydrogen-bond donors (Lipinski definition) is 1. The van der Waals surface area contributed by atoms with Gasteiger partial charge in [0.2, 0.25) is 10.0 Å². The predicted molar refractivity (Wildman–Crippen MR) is 90.1 cm³/mol. The molecule has 0 bridgehead atoms. The maximum Gasteiger partial charge on any atom is 0.338 e. The number of amides is 1. The molecule has 1 N–H and O–H groups in total. The summed E-state index contributed by atoms with van der Waals surface area (Å²) in [6.45, 7) is 7.13. The molecule has 1 aromatic carbocycles. The highest BCUT2D eigenvalue weighted by Gasteiger charge is 2.22. The summed E-state index contributed by atoms with van der Waals surface area (Å²) in [7, 11) is -2.37. The van der Waals surface area contributed by atoms with Gasteiger partial charge in [-0.15, -0.1) is 0 Å². The SMILES string of the molecule is CNS(=O)(=O)c1cccc(C(=O)OCC(=O)N(C(C)C)C(C)C)c1. The van der Waals surface area contributed by atoms with E-state index >= 15 is 0 Å². The van der Waals surface area contributed by atoms with Crippen LogP contribution in [0.15, 0.2) is 29.2 Å². The molecule has 0 radical (unpaired) electrons. The summed E-state index contributed by atoms with van der Waals surface area (Å²) in [5, 5.41) is 0. The maximum atomic E-state index is 12.2. The minimum absolute atomic E-state index is 0.0136. The van der Waals surface area contributed by atoms with Crippen LogP contribution in [-0.2, 0) is 19.6 Å². The second-order valence-electron chi connectivity index (χ2n) is 5.80. The standard InChI is InChI=1S/C16H24N2O5S/c1-11(2)18(12(3)4)15(19)10-23-16(20)13-7-6-8-14(9-13)24(21,22)17-5/h6-9,11-12,17H,10H2,1-5H3. The van der Waals surface area contributed by atoms with E-state index in [9.17, 15) is 18.0 Å². The summed E-state index contributed by atoms with van der Waals surface area (Å²) >= 11 is 0. The Morgan fingerprint density at radius 3 is 2.25 bits per heavy atom. The van der Waals surface area contributed by atoms with Gasteiger partial charge in [0.1, 0.15) is 0 Å². The third-order valence-corrected chi connectivity index (χ3v) is 4.79. The second kappa shape index (κ2) is 8.25. The monoisotopic (exact) mass is 356 g/mol. The summed E-state index contributed by atoms with van der Waals surface area (Å²) in [4.78, 5) is 25.8. The molecule has 0 atom stereocenters. The van der Waals surface area contributed by atoms with Gasteiger partial charge in [-0.3, -0.25) is 4.79 Å². The van der Waals surface area contributed by atoms with Crippen LogP contribution in [0.1, 0.15) is 38.1 Å². The molecule has 0 heterocycles. The first-order valence-electron chi connectivity index (χ1n) is 7.62. The number of ether oxygens (including phenoxy) is 1. The molecule has 1 aromatic rings. The third kappa shape index (κ3) is 5.04. The van der Waals surface area contributed by atoms with Gasteiger partial charge in [-0.1, -0.05) is 6.07 Å². The number of carbonyl (C=O) groups excluding carboxylic acids is 2. The van der Waals surface area contributed by atoms with Gasteiger partial charge in [-0.25, -0.2) is 17.9 Å².